The van der Waals surface area contributed by atoms with E-state index in [-0.39, 0.29) is 17.8 Å². The van der Waals surface area contributed by atoms with Gasteiger partial charge < -0.3 is 10.2 Å². The molecule has 26 heavy (non-hydrogen) atoms. The van der Waals surface area contributed by atoms with Crippen LogP contribution in [0, 0.1) is 10.1 Å². The average molecular weight is 394 g/mol. The van der Waals surface area contributed by atoms with Crippen LogP contribution in [-0.2, 0) is 4.79 Å². The van der Waals surface area contributed by atoms with Crippen molar-refractivity contribution in [2.75, 3.05) is 25.2 Å². The molecule has 0 bridgehead atoms. The molecule has 0 saturated heterocycles. The molecule has 7 nitrogen and oxygen atoms in total. The average Bonchev–Trinajstić information content (AvgIpc) is 2.62. The number of nitro groups is 1. The first-order valence-corrected chi connectivity index (χ1v) is 9.06. The lowest BCUT2D eigenvalue weighted by Crippen LogP contribution is -2.35. The summed E-state index contributed by atoms with van der Waals surface area (Å²) in [5.74, 6) is -0.917. The maximum atomic E-state index is 12.5. The van der Waals surface area contributed by atoms with Gasteiger partial charge in [0.2, 0.25) is 5.91 Å². The van der Waals surface area contributed by atoms with Gasteiger partial charge in [-0.2, -0.15) is 0 Å². The fourth-order valence-electron chi connectivity index (χ4n) is 2.23. The van der Waals surface area contributed by atoms with Gasteiger partial charge in [-0.1, -0.05) is 23.7 Å². The molecule has 1 N–H and O–H groups in total. The predicted molar refractivity (Wildman–Crippen MR) is 102 cm³/mol. The van der Waals surface area contributed by atoms with Crippen molar-refractivity contribution in [2.24, 2.45) is 0 Å². The second-order valence-corrected chi connectivity index (χ2v) is 6.59. The van der Waals surface area contributed by atoms with Gasteiger partial charge in [0.05, 0.1) is 27.1 Å². The Hall–Kier alpha value is -2.58. The van der Waals surface area contributed by atoms with Crippen LogP contribution < -0.4 is 5.32 Å². The maximum absolute atomic E-state index is 12.5. The Bertz CT molecular complexity index is 860. The quantitative estimate of drug-likeness (QED) is 0.459. The molecule has 0 atom stereocenters. The van der Waals surface area contributed by atoms with Gasteiger partial charge in [0.15, 0.2) is 0 Å². The standard InChI is InChI=1S/C17H16ClN3O4S/c1-20(10-16(22)19-13-6-4-3-5-12(13)18)17(23)11-7-8-15(26-2)14(9-11)21(24)25/h3-9H,10H2,1-2H3,(H,19,22). The van der Waals surface area contributed by atoms with Gasteiger partial charge in [0.1, 0.15) is 0 Å². The second-order valence-electron chi connectivity index (χ2n) is 5.33. The summed E-state index contributed by atoms with van der Waals surface area (Å²) in [4.78, 5) is 36.8. The number of para-hydroxylation sites is 1. The Morgan fingerprint density at radius 2 is 1.96 bits per heavy atom. The third kappa shape index (κ3) is 4.74. The van der Waals surface area contributed by atoms with Crippen LogP contribution in [0.5, 0.6) is 0 Å². The summed E-state index contributed by atoms with van der Waals surface area (Å²) < 4.78 is 0. The Morgan fingerprint density at radius 3 is 2.58 bits per heavy atom. The van der Waals surface area contributed by atoms with Gasteiger partial charge in [-0.3, -0.25) is 19.7 Å². The normalized spacial score (nSPS) is 10.3. The molecule has 2 amide bonds. The summed E-state index contributed by atoms with van der Waals surface area (Å²) in [6.45, 7) is -0.220. The van der Waals surface area contributed by atoms with E-state index >= 15 is 0 Å². The largest absolute Gasteiger partial charge is 0.332 e. The van der Waals surface area contributed by atoms with E-state index in [0.29, 0.717) is 15.6 Å². The van der Waals surface area contributed by atoms with Crippen LogP contribution in [0.4, 0.5) is 11.4 Å². The molecule has 0 spiro atoms. The van der Waals surface area contributed by atoms with Gasteiger partial charge in [0, 0.05) is 18.7 Å². The third-order valence-corrected chi connectivity index (χ3v) is 4.61. The second kappa shape index (κ2) is 8.68. The molecule has 2 rings (SSSR count). The van der Waals surface area contributed by atoms with Crippen molar-refractivity contribution < 1.29 is 14.5 Å². The summed E-state index contributed by atoms with van der Waals surface area (Å²) >= 11 is 7.20. The Labute approximate surface area is 159 Å². The first kappa shape index (κ1) is 19.7. The first-order chi connectivity index (χ1) is 12.3. The number of carbonyl (C=O) groups is 2. The zero-order valence-electron chi connectivity index (χ0n) is 14.1. The zero-order valence-corrected chi connectivity index (χ0v) is 15.6. The first-order valence-electron chi connectivity index (χ1n) is 7.45. The summed E-state index contributed by atoms with van der Waals surface area (Å²) in [5.41, 5.74) is 0.444. The molecule has 0 aliphatic heterocycles. The lowest BCUT2D eigenvalue weighted by atomic mass is 10.2. The van der Waals surface area contributed by atoms with E-state index in [1.54, 1.807) is 30.5 Å². The van der Waals surface area contributed by atoms with Crippen LogP contribution >= 0.6 is 23.4 Å². The number of amides is 2. The molecule has 0 saturated carbocycles. The number of benzene rings is 2. The number of halogens is 1. The summed E-state index contributed by atoms with van der Waals surface area (Å²) in [6.07, 6.45) is 1.72. The number of anilines is 1. The molecule has 136 valence electrons. The number of nitrogens with zero attached hydrogens (tertiary/aromatic N) is 2. The van der Waals surface area contributed by atoms with E-state index in [4.69, 9.17) is 11.6 Å². The van der Waals surface area contributed by atoms with E-state index in [0.717, 1.165) is 0 Å². The highest BCUT2D eigenvalue weighted by Gasteiger charge is 2.20. The molecule has 0 unspecified atom stereocenters. The van der Waals surface area contributed by atoms with Crippen molar-refractivity contribution in [3.63, 3.8) is 0 Å². The molecule has 9 heteroatoms. The number of carbonyl (C=O) groups excluding carboxylic acids is 2. The monoisotopic (exact) mass is 393 g/mol. The molecular weight excluding hydrogens is 378 g/mol. The van der Waals surface area contributed by atoms with E-state index in [1.165, 1.54) is 41.9 Å². The minimum Gasteiger partial charge on any atom is -0.332 e. The highest BCUT2D eigenvalue weighted by molar-refractivity contribution is 7.98. The fraction of sp³-hybridized carbons (Fsp3) is 0.176. The van der Waals surface area contributed by atoms with E-state index in [2.05, 4.69) is 5.32 Å². The molecule has 2 aromatic carbocycles. The highest BCUT2D eigenvalue weighted by atomic mass is 35.5. The fourth-order valence-corrected chi connectivity index (χ4v) is 2.96. The Balaban J connectivity index is 2.09. The molecule has 0 aromatic heterocycles. The van der Waals surface area contributed by atoms with Crippen LogP contribution in [0.25, 0.3) is 0 Å². The number of nitrogens with one attached hydrogen (secondary N) is 1. The molecule has 2 aromatic rings. The molecular formula is C17H16ClN3O4S. The zero-order chi connectivity index (χ0) is 19.3. The van der Waals surface area contributed by atoms with Crippen LogP contribution in [-0.4, -0.2) is 41.5 Å². The predicted octanol–water partition coefficient (Wildman–Crippen LogP) is 3.68. The number of likely N-dealkylation sites (N-methyl/N-ethyl adjacent to an activating group) is 1. The summed E-state index contributed by atoms with van der Waals surface area (Å²) in [5, 5.41) is 14.1. The molecule has 0 heterocycles. The van der Waals surface area contributed by atoms with Crippen LogP contribution in [0.3, 0.4) is 0 Å². The van der Waals surface area contributed by atoms with Crippen molar-refractivity contribution in [1.29, 1.82) is 0 Å². The van der Waals surface area contributed by atoms with Gasteiger partial charge in [-0.25, -0.2) is 0 Å². The van der Waals surface area contributed by atoms with E-state index in [9.17, 15) is 19.7 Å². The minimum absolute atomic E-state index is 0.141. The van der Waals surface area contributed by atoms with Crippen molar-refractivity contribution in [1.82, 2.24) is 4.90 Å². The van der Waals surface area contributed by atoms with Crippen LogP contribution in [0.2, 0.25) is 5.02 Å². The number of rotatable bonds is 6. The van der Waals surface area contributed by atoms with Crippen LogP contribution in [0.1, 0.15) is 10.4 Å². The third-order valence-electron chi connectivity index (χ3n) is 3.50. The number of hydrogen-bond donors (Lipinski definition) is 1. The lowest BCUT2D eigenvalue weighted by molar-refractivity contribution is -0.387. The van der Waals surface area contributed by atoms with Crippen molar-refractivity contribution in [3.05, 3.63) is 63.2 Å². The molecule has 0 aliphatic carbocycles. The van der Waals surface area contributed by atoms with E-state index < -0.39 is 16.7 Å². The van der Waals surface area contributed by atoms with Crippen LogP contribution in [0.15, 0.2) is 47.4 Å². The van der Waals surface area contributed by atoms with Gasteiger partial charge in [0.25, 0.3) is 11.6 Å². The number of hydrogen-bond acceptors (Lipinski definition) is 5. The Kier molecular flexibility index (Phi) is 6.59. The number of thioether (sulfide) groups is 1. The van der Waals surface area contributed by atoms with Gasteiger partial charge in [-0.05, 0) is 30.5 Å². The molecule has 0 aliphatic rings. The lowest BCUT2D eigenvalue weighted by Gasteiger charge is -2.17. The molecule has 0 fully saturated rings. The maximum Gasteiger partial charge on any atom is 0.283 e. The Morgan fingerprint density at radius 1 is 1.27 bits per heavy atom. The van der Waals surface area contributed by atoms with Crippen molar-refractivity contribution in [3.8, 4) is 0 Å². The minimum atomic E-state index is -0.535. The van der Waals surface area contributed by atoms with Crippen molar-refractivity contribution in [2.45, 2.75) is 4.90 Å². The van der Waals surface area contributed by atoms with Gasteiger partial charge in [-0.15, -0.1) is 11.8 Å². The molecule has 0 radical (unpaired) electrons. The summed E-state index contributed by atoms with van der Waals surface area (Å²) in [6, 6.07) is 11.0. The number of nitro benzene ring substituents is 1. The van der Waals surface area contributed by atoms with Gasteiger partial charge >= 0.3 is 0 Å². The topological polar surface area (TPSA) is 92.6 Å². The highest BCUT2D eigenvalue weighted by Crippen LogP contribution is 2.28. The van der Waals surface area contributed by atoms with E-state index in [1.807, 2.05) is 0 Å². The SMILES string of the molecule is CSc1ccc(C(=O)N(C)CC(=O)Nc2ccccc2Cl)cc1[N+](=O)[O-]. The summed E-state index contributed by atoms with van der Waals surface area (Å²) in [7, 11) is 1.45. The van der Waals surface area contributed by atoms with Crippen molar-refractivity contribution >= 4 is 46.6 Å². The smallest absolute Gasteiger partial charge is 0.283 e.